The minimum Gasteiger partial charge on any atom is -0.377 e. The van der Waals surface area contributed by atoms with E-state index in [4.69, 9.17) is 22.3 Å². The number of pyridine rings is 1. The molecule has 0 unspecified atom stereocenters. The van der Waals surface area contributed by atoms with Gasteiger partial charge in [0.2, 0.25) is 0 Å². The van der Waals surface area contributed by atoms with Gasteiger partial charge in [0.25, 0.3) is 0 Å². The number of benzene rings is 1. The largest absolute Gasteiger partial charge is 0.377 e. The number of halogens is 1. The van der Waals surface area contributed by atoms with E-state index in [-0.39, 0.29) is 0 Å². The van der Waals surface area contributed by atoms with E-state index in [1.807, 2.05) is 12.1 Å². The summed E-state index contributed by atoms with van der Waals surface area (Å²) >= 11 is 6.45. The van der Waals surface area contributed by atoms with Crippen LogP contribution in [0.4, 0.5) is 5.69 Å². The van der Waals surface area contributed by atoms with Crippen molar-refractivity contribution in [2.75, 3.05) is 25.5 Å². The minimum atomic E-state index is 0.686. The lowest BCUT2D eigenvalue weighted by Gasteiger charge is -2.23. The van der Waals surface area contributed by atoms with Gasteiger partial charge in [-0.1, -0.05) is 17.7 Å². The quantitative estimate of drug-likeness (QED) is 0.938. The number of anilines is 1. The Hall–Kier alpha value is -1.32. The third kappa shape index (κ3) is 2.60. The summed E-state index contributed by atoms with van der Waals surface area (Å²) in [7, 11) is 4.11. The molecule has 2 aromatic rings. The van der Waals surface area contributed by atoms with E-state index in [2.05, 4.69) is 32.8 Å². The Morgan fingerprint density at radius 3 is 2.55 bits per heavy atom. The second-order valence-corrected chi connectivity index (χ2v) is 5.81. The molecule has 1 aromatic heterocycles. The number of aromatic nitrogens is 1. The van der Waals surface area contributed by atoms with Crippen molar-refractivity contribution < 1.29 is 0 Å². The molecule has 0 atom stereocenters. The number of fused-ring (bicyclic) bond motifs is 1. The van der Waals surface area contributed by atoms with Gasteiger partial charge in [0.1, 0.15) is 0 Å². The van der Waals surface area contributed by atoms with Crippen molar-refractivity contribution in [3.8, 4) is 0 Å². The number of hydrogen-bond donors (Lipinski definition) is 1. The van der Waals surface area contributed by atoms with E-state index in [0.717, 1.165) is 40.0 Å². The lowest BCUT2D eigenvalue weighted by molar-refractivity contribution is 0.820. The highest BCUT2D eigenvalue weighted by Crippen LogP contribution is 2.37. The third-order valence-electron chi connectivity index (χ3n) is 3.65. The molecule has 2 N–H and O–H groups in total. The van der Waals surface area contributed by atoms with E-state index in [1.165, 1.54) is 11.3 Å². The van der Waals surface area contributed by atoms with Crippen LogP contribution in [0.3, 0.4) is 0 Å². The second-order valence-electron chi connectivity index (χ2n) is 5.40. The molecule has 0 aliphatic rings. The molecule has 0 saturated heterocycles. The predicted octanol–water partition coefficient (Wildman–Crippen LogP) is 3.46. The summed E-state index contributed by atoms with van der Waals surface area (Å²) in [5.41, 5.74) is 11.3. The van der Waals surface area contributed by atoms with E-state index in [9.17, 15) is 0 Å². The third-order valence-corrected chi connectivity index (χ3v) is 3.96. The molecule has 1 aromatic carbocycles. The smallest absolute Gasteiger partial charge is 0.0770 e. The summed E-state index contributed by atoms with van der Waals surface area (Å²) in [5.74, 6) is 0. The van der Waals surface area contributed by atoms with Crippen LogP contribution in [0, 0.1) is 13.8 Å². The van der Waals surface area contributed by atoms with Crippen molar-refractivity contribution in [3.63, 3.8) is 0 Å². The van der Waals surface area contributed by atoms with Crippen LogP contribution < -0.4 is 10.6 Å². The Balaban J connectivity index is 2.83. The van der Waals surface area contributed by atoms with Crippen LogP contribution in [0.5, 0.6) is 0 Å². The van der Waals surface area contributed by atoms with Crippen molar-refractivity contribution in [2.24, 2.45) is 5.73 Å². The maximum atomic E-state index is 6.45. The highest BCUT2D eigenvalue weighted by Gasteiger charge is 2.17. The highest BCUT2D eigenvalue weighted by atomic mass is 35.5. The number of rotatable bonds is 4. The Morgan fingerprint density at radius 2 is 1.95 bits per heavy atom. The van der Waals surface area contributed by atoms with Crippen LogP contribution in [0.15, 0.2) is 12.1 Å². The van der Waals surface area contributed by atoms with Crippen LogP contribution in [-0.4, -0.2) is 25.6 Å². The first kappa shape index (κ1) is 15.1. The molecule has 4 heteroatoms. The minimum absolute atomic E-state index is 0.686. The number of hydrogen-bond acceptors (Lipinski definition) is 3. The molecular formula is C16H22ClN3. The molecule has 0 amide bonds. The summed E-state index contributed by atoms with van der Waals surface area (Å²) in [5, 5.41) is 1.81. The van der Waals surface area contributed by atoms with Gasteiger partial charge in [0.15, 0.2) is 0 Å². The van der Waals surface area contributed by atoms with Crippen molar-refractivity contribution in [3.05, 3.63) is 34.0 Å². The van der Waals surface area contributed by atoms with Gasteiger partial charge in [-0.15, -0.1) is 0 Å². The van der Waals surface area contributed by atoms with E-state index < -0.39 is 0 Å². The molecule has 0 saturated carbocycles. The zero-order valence-electron chi connectivity index (χ0n) is 12.6. The Bertz CT molecular complexity index is 635. The molecule has 1 heterocycles. The number of nitrogens with zero attached hydrogens (tertiary/aromatic N) is 2. The molecule has 108 valence electrons. The van der Waals surface area contributed by atoms with Gasteiger partial charge in [0.05, 0.1) is 16.2 Å². The fourth-order valence-electron chi connectivity index (χ4n) is 2.67. The summed E-state index contributed by atoms with van der Waals surface area (Å²) in [6.45, 7) is 4.83. The lowest BCUT2D eigenvalue weighted by Crippen LogP contribution is -2.15. The molecule has 3 nitrogen and oxygen atoms in total. The first-order valence-corrected chi connectivity index (χ1v) is 7.30. The monoisotopic (exact) mass is 291 g/mol. The molecule has 0 aliphatic carbocycles. The standard InChI is InChI=1S/C16H22ClN3/c1-10-7-8-13(17)14-15(10)19-11(2)12(6-5-9-18)16(14)20(3)4/h7-8H,5-6,9,18H2,1-4H3. The molecule has 2 rings (SSSR count). The molecular weight excluding hydrogens is 270 g/mol. The summed E-state index contributed by atoms with van der Waals surface area (Å²) in [4.78, 5) is 6.91. The van der Waals surface area contributed by atoms with Crippen molar-refractivity contribution in [1.29, 1.82) is 0 Å². The Labute approximate surface area is 125 Å². The van der Waals surface area contributed by atoms with E-state index >= 15 is 0 Å². The maximum absolute atomic E-state index is 6.45. The molecule has 0 radical (unpaired) electrons. The van der Waals surface area contributed by atoms with Crippen molar-refractivity contribution in [2.45, 2.75) is 26.7 Å². The summed E-state index contributed by atoms with van der Waals surface area (Å²) < 4.78 is 0. The molecule has 0 spiro atoms. The second kappa shape index (κ2) is 5.98. The van der Waals surface area contributed by atoms with Gasteiger partial charge in [0, 0.05) is 25.2 Å². The molecule has 0 aliphatic heterocycles. The van der Waals surface area contributed by atoms with Gasteiger partial charge in [-0.25, -0.2) is 0 Å². The topological polar surface area (TPSA) is 42.2 Å². The van der Waals surface area contributed by atoms with Crippen molar-refractivity contribution in [1.82, 2.24) is 4.98 Å². The van der Waals surface area contributed by atoms with Crippen LogP contribution in [-0.2, 0) is 6.42 Å². The average Bonchev–Trinajstić information content (AvgIpc) is 2.40. The first-order chi connectivity index (χ1) is 9.47. The average molecular weight is 292 g/mol. The van der Waals surface area contributed by atoms with Crippen LogP contribution in [0.2, 0.25) is 5.02 Å². The summed E-state index contributed by atoms with van der Waals surface area (Å²) in [6, 6.07) is 3.98. The molecule has 0 fully saturated rings. The SMILES string of the molecule is Cc1nc2c(C)ccc(Cl)c2c(N(C)C)c1CCCN. The predicted molar refractivity (Wildman–Crippen MR) is 87.9 cm³/mol. The zero-order valence-corrected chi connectivity index (χ0v) is 13.4. The van der Waals surface area contributed by atoms with Crippen LogP contribution in [0.1, 0.15) is 23.2 Å². The van der Waals surface area contributed by atoms with Gasteiger partial charge in [-0.05, 0) is 50.4 Å². The van der Waals surface area contributed by atoms with Gasteiger partial charge in [-0.2, -0.15) is 0 Å². The number of nitrogens with two attached hydrogens (primary N) is 1. The maximum Gasteiger partial charge on any atom is 0.0770 e. The van der Waals surface area contributed by atoms with Gasteiger partial charge in [-0.3, -0.25) is 4.98 Å². The van der Waals surface area contributed by atoms with E-state index in [0.29, 0.717) is 6.54 Å². The normalized spacial score (nSPS) is 11.1. The Kier molecular flexibility index (Phi) is 4.51. The summed E-state index contributed by atoms with van der Waals surface area (Å²) in [6.07, 6.45) is 1.89. The zero-order chi connectivity index (χ0) is 14.9. The first-order valence-electron chi connectivity index (χ1n) is 6.93. The van der Waals surface area contributed by atoms with Crippen molar-refractivity contribution >= 4 is 28.2 Å². The molecule has 0 bridgehead atoms. The fourth-order valence-corrected chi connectivity index (χ4v) is 2.91. The van der Waals surface area contributed by atoms with Gasteiger partial charge < -0.3 is 10.6 Å². The lowest BCUT2D eigenvalue weighted by atomic mass is 9.99. The van der Waals surface area contributed by atoms with Gasteiger partial charge >= 0.3 is 0 Å². The van der Waals surface area contributed by atoms with Crippen LogP contribution in [0.25, 0.3) is 10.9 Å². The Morgan fingerprint density at radius 1 is 1.25 bits per heavy atom. The fraction of sp³-hybridized carbons (Fsp3) is 0.438. The van der Waals surface area contributed by atoms with Crippen LogP contribution >= 0.6 is 11.6 Å². The molecule has 20 heavy (non-hydrogen) atoms. The van der Waals surface area contributed by atoms with E-state index in [1.54, 1.807) is 0 Å². The highest BCUT2D eigenvalue weighted by molar-refractivity contribution is 6.36. The number of aryl methyl sites for hydroxylation is 2.